The third kappa shape index (κ3) is 2.69. The number of hydrogen-bond acceptors (Lipinski definition) is 5. The summed E-state index contributed by atoms with van der Waals surface area (Å²) in [5, 5.41) is 21.4. The summed E-state index contributed by atoms with van der Waals surface area (Å²) in [7, 11) is 0. The van der Waals surface area contributed by atoms with Crippen molar-refractivity contribution in [3.05, 3.63) is 45.9 Å². The Bertz CT molecular complexity index is 755. The van der Waals surface area contributed by atoms with Crippen molar-refractivity contribution in [1.82, 2.24) is 9.97 Å². The number of rotatable bonds is 2. The molecule has 1 aromatic carbocycles. The van der Waals surface area contributed by atoms with Crippen LogP contribution in [0.3, 0.4) is 0 Å². The maximum Gasteiger partial charge on any atom is 0.138 e. The molecule has 0 spiro atoms. The highest BCUT2D eigenvalue weighted by Crippen LogP contribution is 2.24. The number of aryl methyl sites for hydroxylation is 1. The Morgan fingerprint density at radius 2 is 1.80 bits per heavy atom. The largest absolute Gasteiger partial charge is 0.340 e. The topological polar surface area (TPSA) is 85.4 Å². The van der Waals surface area contributed by atoms with Crippen LogP contribution in [-0.4, -0.2) is 9.97 Å². The number of nitrogens with zero attached hydrogens (tertiary/aromatic N) is 4. The first-order valence-electron chi connectivity index (χ1n) is 5.77. The highest BCUT2D eigenvalue weighted by molar-refractivity contribution is 6.30. The average molecular weight is 284 g/mol. The van der Waals surface area contributed by atoms with Crippen LogP contribution in [0.5, 0.6) is 0 Å². The van der Waals surface area contributed by atoms with E-state index in [0.29, 0.717) is 33.6 Å². The molecule has 98 valence electrons. The number of halogens is 1. The molecule has 0 bridgehead atoms. The Balaban J connectivity index is 2.41. The van der Waals surface area contributed by atoms with E-state index in [-0.39, 0.29) is 0 Å². The minimum absolute atomic E-state index is 0.312. The van der Waals surface area contributed by atoms with Gasteiger partial charge in [0.05, 0.1) is 11.1 Å². The predicted octanol–water partition coefficient (Wildman–Crippen LogP) is 3.23. The van der Waals surface area contributed by atoms with E-state index in [0.717, 1.165) is 5.56 Å². The molecule has 0 unspecified atom stereocenters. The van der Waals surface area contributed by atoms with Crippen LogP contribution >= 0.6 is 11.6 Å². The minimum Gasteiger partial charge on any atom is -0.340 e. The van der Waals surface area contributed by atoms with Gasteiger partial charge in [-0.2, -0.15) is 10.5 Å². The summed E-state index contributed by atoms with van der Waals surface area (Å²) in [5.41, 5.74) is 2.04. The highest BCUT2D eigenvalue weighted by Gasteiger charge is 2.09. The lowest BCUT2D eigenvalue weighted by molar-refractivity contribution is 1.04. The summed E-state index contributed by atoms with van der Waals surface area (Å²) in [6.07, 6.45) is 0. The molecule has 1 N–H and O–H groups in total. The van der Waals surface area contributed by atoms with Gasteiger partial charge in [0.1, 0.15) is 28.9 Å². The second kappa shape index (κ2) is 5.56. The minimum atomic E-state index is 0.312. The van der Waals surface area contributed by atoms with Gasteiger partial charge >= 0.3 is 0 Å². The summed E-state index contributed by atoms with van der Waals surface area (Å²) in [5.74, 6) is 1.13. The van der Waals surface area contributed by atoms with Crippen LogP contribution in [0.1, 0.15) is 22.5 Å². The molecule has 0 saturated carbocycles. The van der Waals surface area contributed by atoms with E-state index in [1.165, 1.54) is 0 Å². The maximum atomic E-state index is 9.01. The third-order valence-electron chi connectivity index (χ3n) is 2.72. The van der Waals surface area contributed by atoms with E-state index in [1.54, 1.807) is 32.0 Å². The van der Waals surface area contributed by atoms with Gasteiger partial charge in [-0.1, -0.05) is 11.6 Å². The standard InChI is InChI=1S/C14H10ClN5/c1-8-13(15)18-9(2)19-14(8)20-12-4-3-10(6-16)11(5-12)7-17/h3-5H,1-2H3,(H,18,19,20). The van der Waals surface area contributed by atoms with Gasteiger partial charge in [0.2, 0.25) is 0 Å². The quantitative estimate of drug-likeness (QED) is 0.855. The van der Waals surface area contributed by atoms with E-state index in [4.69, 9.17) is 22.1 Å². The Labute approximate surface area is 121 Å². The lowest BCUT2D eigenvalue weighted by Gasteiger charge is -2.10. The van der Waals surface area contributed by atoms with Crippen molar-refractivity contribution in [2.45, 2.75) is 13.8 Å². The zero-order valence-electron chi connectivity index (χ0n) is 10.9. The lowest BCUT2D eigenvalue weighted by atomic mass is 10.1. The van der Waals surface area contributed by atoms with Gasteiger partial charge in [-0.05, 0) is 32.0 Å². The molecule has 6 heteroatoms. The zero-order chi connectivity index (χ0) is 14.7. The molecule has 0 fully saturated rings. The molecule has 2 aromatic rings. The first kappa shape index (κ1) is 13.8. The molecule has 0 aliphatic heterocycles. The fraction of sp³-hybridized carbons (Fsp3) is 0.143. The predicted molar refractivity (Wildman–Crippen MR) is 75.7 cm³/mol. The van der Waals surface area contributed by atoms with E-state index in [1.807, 2.05) is 12.1 Å². The molecular weight excluding hydrogens is 274 g/mol. The number of aromatic nitrogens is 2. The number of anilines is 2. The molecular formula is C14H10ClN5. The molecule has 1 aromatic heterocycles. The summed E-state index contributed by atoms with van der Waals surface area (Å²) in [6.45, 7) is 3.55. The molecule has 0 aliphatic carbocycles. The molecule has 5 nitrogen and oxygen atoms in total. The van der Waals surface area contributed by atoms with Gasteiger partial charge in [-0.3, -0.25) is 0 Å². The smallest absolute Gasteiger partial charge is 0.138 e. The SMILES string of the molecule is Cc1nc(Cl)c(C)c(Nc2ccc(C#N)c(C#N)c2)n1. The van der Waals surface area contributed by atoms with Gasteiger partial charge in [-0.25, -0.2) is 9.97 Å². The third-order valence-corrected chi connectivity index (χ3v) is 3.09. The van der Waals surface area contributed by atoms with Gasteiger partial charge in [0.25, 0.3) is 0 Å². The molecule has 1 heterocycles. The maximum absolute atomic E-state index is 9.01. The van der Waals surface area contributed by atoms with Crippen LogP contribution in [0, 0.1) is 36.5 Å². The molecule has 0 atom stereocenters. The molecule has 20 heavy (non-hydrogen) atoms. The lowest BCUT2D eigenvalue weighted by Crippen LogP contribution is -2.01. The molecule has 0 radical (unpaired) electrons. The van der Waals surface area contributed by atoms with Gasteiger partial charge in [-0.15, -0.1) is 0 Å². The van der Waals surface area contributed by atoms with Crippen molar-refractivity contribution in [3.8, 4) is 12.1 Å². The van der Waals surface area contributed by atoms with Crippen LogP contribution in [0.15, 0.2) is 18.2 Å². The molecule has 0 saturated heterocycles. The van der Waals surface area contributed by atoms with Crippen LogP contribution < -0.4 is 5.32 Å². The second-order valence-corrected chi connectivity index (χ2v) is 4.50. The Morgan fingerprint density at radius 3 is 2.45 bits per heavy atom. The second-order valence-electron chi connectivity index (χ2n) is 4.14. The zero-order valence-corrected chi connectivity index (χ0v) is 11.7. The summed E-state index contributed by atoms with van der Waals surface area (Å²) in [4.78, 5) is 8.33. The summed E-state index contributed by atoms with van der Waals surface area (Å²) >= 11 is 6.01. The van der Waals surface area contributed by atoms with Crippen molar-refractivity contribution in [3.63, 3.8) is 0 Å². The molecule has 0 aliphatic rings. The van der Waals surface area contributed by atoms with Crippen LogP contribution in [-0.2, 0) is 0 Å². The fourth-order valence-electron chi connectivity index (χ4n) is 1.66. The number of nitriles is 2. The van der Waals surface area contributed by atoms with E-state index in [9.17, 15) is 0 Å². The van der Waals surface area contributed by atoms with E-state index in [2.05, 4.69) is 15.3 Å². The van der Waals surface area contributed by atoms with Gasteiger partial charge in [0.15, 0.2) is 0 Å². The average Bonchev–Trinajstić information content (AvgIpc) is 2.44. The van der Waals surface area contributed by atoms with Crippen LogP contribution in [0.25, 0.3) is 0 Å². The van der Waals surface area contributed by atoms with Crippen molar-refractivity contribution in [1.29, 1.82) is 10.5 Å². The number of benzene rings is 1. The fourth-order valence-corrected chi connectivity index (χ4v) is 1.88. The monoisotopic (exact) mass is 283 g/mol. The first-order valence-corrected chi connectivity index (χ1v) is 6.15. The Kier molecular flexibility index (Phi) is 3.84. The Hall–Kier alpha value is -2.63. The highest BCUT2D eigenvalue weighted by atomic mass is 35.5. The van der Waals surface area contributed by atoms with Crippen molar-refractivity contribution >= 4 is 23.1 Å². The van der Waals surface area contributed by atoms with Crippen molar-refractivity contribution < 1.29 is 0 Å². The summed E-state index contributed by atoms with van der Waals surface area (Å²) < 4.78 is 0. The number of nitrogens with one attached hydrogen (secondary N) is 1. The van der Waals surface area contributed by atoms with Crippen molar-refractivity contribution in [2.24, 2.45) is 0 Å². The van der Waals surface area contributed by atoms with E-state index < -0.39 is 0 Å². The first-order chi connectivity index (χ1) is 9.55. The van der Waals surface area contributed by atoms with E-state index >= 15 is 0 Å². The van der Waals surface area contributed by atoms with Crippen LogP contribution in [0.4, 0.5) is 11.5 Å². The van der Waals surface area contributed by atoms with Crippen molar-refractivity contribution in [2.75, 3.05) is 5.32 Å². The summed E-state index contributed by atoms with van der Waals surface area (Å²) in [6, 6.07) is 8.86. The molecule has 0 amide bonds. The van der Waals surface area contributed by atoms with Gasteiger partial charge < -0.3 is 5.32 Å². The molecule has 2 rings (SSSR count). The Morgan fingerprint density at radius 1 is 1.10 bits per heavy atom. The normalized spacial score (nSPS) is 9.65. The van der Waals surface area contributed by atoms with Gasteiger partial charge in [0, 0.05) is 11.3 Å². The van der Waals surface area contributed by atoms with Crippen LogP contribution in [0.2, 0.25) is 5.15 Å². The number of hydrogen-bond donors (Lipinski definition) is 1.